The van der Waals surface area contributed by atoms with E-state index in [1.807, 2.05) is 0 Å². The average Bonchev–Trinajstić information content (AvgIpc) is 3.70. The normalized spacial score (nSPS) is 10.5. The minimum atomic E-state index is -0.673. The van der Waals surface area contributed by atoms with E-state index in [4.69, 9.17) is 56.8 Å². The highest BCUT2D eigenvalue weighted by Gasteiger charge is 2.17. The highest BCUT2D eigenvalue weighted by molar-refractivity contribution is 5.95. The van der Waals surface area contributed by atoms with Crippen LogP contribution in [0.1, 0.15) is 120 Å². The summed E-state index contributed by atoms with van der Waals surface area (Å²) in [6.45, 7) is 8.86. The third-order valence-corrected chi connectivity index (χ3v) is 12.2. The van der Waals surface area contributed by atoms with Crippen molar-refractivity contribution in [1.82, 2.24) is 0 Å². The van der Waals surface area contributed by atoms with Gasteiger partial charge in [0.05, 0.1) is 92.7 Å². The number of esters is 9. The van der Waals surface area contributed by atoms with Crippen LogP contribution in [0.3, 0.4) is 0 Å². The molecule has 0 spiro atoms. The van der Waals surface area contributed by atoms with E-state index < -0.39 is 53.7 Å². The van der Waals surface area contributed by atoms with E-state index in [1.165, 1.54) is 97.1 Å². The maximum atomic E-state index is 12.8. The van der Waals surface area contributed by atoms with Crippen LogP contribution in [0.15, 0.2) is 171 Å². The lowest BCUT2D eigenvalue weighted by Gasteiger charge is -2.09. The number of ether oxygens (including phenoxy) is 12. The van der Waals surface area contributed by atoms with Crippen molar-refractivity contribution in [3.05, 3.63) is 204 Å². The van der Waals surface area contributed by atoms with Gasteiger partial charge in [0, 0.05) is 18.8 Å². The summed E-state index contributed by atoms with van der Waals surface area (Å²) < 4.78 is 64.3. The van der Waals surface area contributed by atoms with Crippen LogP contribution in [0.2, 0.25) is 0 Å². The molecule has 0 aliphatic heterocycles. The first-order valence-electron chi connectivity index (χ1n) is 28.2. The summed E-state index contributed by atoms with van der Waals surface area (Å²) in [5.74, 6) is -3.15. The van der Waals surface area contributed by atoms with Crippen molar-refractivity contribution in [1.29, 1.82) is 0 Å². The Hall–Kier alpha value is -10.4. The van der Waals surface area contributed by atoms with E-state index in [1.54, 1.807) is 48.5 Å². The van der Waals surface area contributed by atoms with Gasteiger partial charge in [-0.1, -0.05) is 13.2 Å². The Morgan fingerprint density at radius 1 is 0.273 bits per heavy atom. The number of benzene rings is 6. The number of hydrogen-bond donors (Lipinski definition) is 0. The summed E-state index contributed by atoms with van der Waals surface area (Å²) in [7, 11) is 0. The van der Waals surface area contributed by atoms with E-state index >= 15 is 0 Å². The van der Waals surface area contributed by atoms with Gasteiger partial charge in [-0.2, -0.15) is 0 Å². The summed E-state index contributed by atoms with van der Waals surface area (Å²) in [5, 5.41) is 0. The summed E-state index contributed by atoms with van der Waals surface area (Å²) in [4.78, 5) is 110. The molecule has 6 aromatic rings. The molecule has 0 fully saturated rings. The van der Waals surface area contributed by atoms with Crippen LogP contribution in [0.25, 0.3) is 0 Å². The van der Waals surface area contributed by atoms with Gasteiger partial charge in [-0.25, -0.2) is 38.4 Å². The lowest BCUT2D eigenvalue weighted by atomic mass is 10.2. The van der Waals surface area contributed by atoms with Crippen molar-refractivity contribution in [2.24, 2.45) is 0 Å². The third kappa shape index (κ3) is 24.3. The molecule has 0 radical (unpaired) electrons. The number of rotatable bonds is 37. The zero-order chi connectivity index (χ0) is 62.7. The molecule has 460 valence electrons. The Morgan fingerprint density at radius 2 is 0.523 bits per heavy atom. The first kappa shape index (κ1) is 66.7. The average molecular weight is 1210 g/mol. The van der Waals surface area contributed by atoms with Crippen LogP contribution in [0.4, 0.5) is 0 Å². The Kier molecular flexibility index (Phi) is 28.1. The van der Waals surface area contributed by atoms with Crippen molar-refractivity contribution in [2.75, 3.05) is 59.5 Å². The van der Waals surface area contributed by atoms with Gasteiger partial charge in [-0.3, -0.25) is 4.79 Å². The molecule has 6 rings (SSSR count). The molecule has 0 atom stereocenters. The van der Waals surface area contributed by atoms with Gasteiger partial charge in [0.2, 0.25) is 0 Å². The fraction of sp³-hybridized carbons (Fsp3) is 0.269. The van der Waals surface area contributed by atoms with Crippen molar-refractivity contribution in [3.8, 4) is 34.5 Å². The fourth-order valence-electron chi connectivity index (χ4n) is 7.45. The lowest BCUT2D eigenvalue weighted by Crippen LogP contribution is -2.12. The molecule has 0 saturated heterocycles. The summed E-state index contributed by atoms with van der Waals surface area (Å²) in [6, 6.07) is 36.2. The predicted molar refractivity (Wildman–Crippen MR) is 316 cm³/mol. The molecule has 0 saturated carbocycles. The molecule has 0 unspecified atom stereocenters. The maximum Gasteiger partial charge on any atom is 0.343 e. The molecule has 88 heavy (non-hydrogen) atoms. The molecule has 0 bridgehead atoms. The van der Waals surface area contributed by atoms with Gasteiger partial charge in [0.25, 0.3) is 0 Å². The van der Waals surface area contributed by atoms with Crippen LogP contribution < -0.4 is 28.4 Å². The zero-order valence-corrected chi connectivity index (χ0v) is 48.2. The maximum absolute atomic E-state index is 12.8. The molecule has 6 aromatic carbocycles. The van der Waals surface area contributed by atoms with Crippen LogP contribution in [-0.2, 0) is 42.8 Å². The molecular weight excluding hydrogens is 1140 g/mol. The second-order valence-corrected chi connectivity index (χ2v) is 18.8. The first-order chi connectivity index (χ1) is 42.8. The molecule has 0 aliphatic carbocycles. The van der Waals surface area contributed by atoms with Crippen LogP contribution >= 0.6 is 0 Å². The Bertz CT molecular complexity index is 3260. The minimum absolute atomic E-state index is 0.0443. The van der Waals surface area contributed by atoms with Crippen molar-refractivity contribution >= 4 is 53.7 Å². The van der Waals surface area contributed by atoms with E-state index in [0.29, 0.717) is 88.2 Å². The van der Waals surface area contributed by atoms with Crippen LogP contribution in [0, 0.1) is 0 Å². The highest BCUT2D eigenvalue weighted by Crippen LogP contribution is 2.22. The molecular formula is C67H66O21. The topological polar surface area (TPSA) is 264 Å². The summed E-state index contributed by atoms with van der Waals surface area (Å²) in [6.07, 6.45) is 6.82. The SMILES string of the molecule is C=CC(=O)OCCCCOc1ccc(C(=O)Oc2ccc(C(=O)Oc3ccc(C(=O)OCCCCOCCC(=O)OCCCCOC(=O)c4ccc(OC(=O)c5ccc(OC(=O)c6ccc(OCCCCOC(=O)C=C)cc6)cc5)cc4)cc3)cc2)cc1. The minimum Gasteiger partial charge on any atom is -0.494 e. The van der Waals surface area contributed by atoms with Gasteiger partial charge >= 0.3 is 53.7 Å². The van der Waals surface area contributed by atoms with Gasteiger partial charge in [0.15, 0.2) is 0 Å². The monoisotopic (exact) mass is 1210 g/mol. The van der Waals surface area contributed by atoms with Gasteiger partial charge in [-0.05, 0) is 197 Å². The second-order valence-electron chi connectivity index (χ2n) is 18.8. The van der Waals surface area contributed by atoms with Crippen molar-refractivity contribution < 1.29 is 100.0 Å². The van der Waals surface area contributed by atoms with E-state index in [9.17, 15) is 43.2 Å². The highest BCUT2D eigenvalue weighted by atomic mass is 16.6. The van der Waals surface area contributed by atoms with Crippen LogP contribution in [0.5, 0.6) is 34.5 Å². The molecule has 0 aromatic heterocycles. The van der Waals surface area contributed by atoms with Crippen molar-refractivity contribution in [2.45, 2.75) is 57.8 Å². The number of unbranched alkanes of at least 4 members (excludes halogenated alkanes) is 4. The lowest BCUT2D eigenvalue weighted by molar-refractivity contribution is -0.145. The standard InChI is InChI=1S/C67H66O21/c1-3-59(68)80-41-9-7-39-78-53-25-13-49(14-26-53)64(73)87-57-33-21-51(22-34-57)66(75)85-55-29-17-47(18-30-55)62(71)83-44-6-5-38-77-46-37-61(70)82-43-11-12-45-84-63(72)48-19-31-56(32-20-48)86-67(76)52-23-35-58(36-24-52)88-65(74)50-15-27-54(28-16-50)79-40-8-10-42-81-60(69)4-2/h3-4,13-36H,1-2,5-12,37-46H2. The quantitative estimate of drug-likeness (QED) is 0.0115. The van der Waals surface area contributed by atoms with E-state index in [2.05, 4.69) is 13.2 Å². The molecule has 0 aliphatic rings. The number of carbonyl (C=O) groups excluding carboxylic acids is 9. The van der Waals surface area contributed by atoms with Gasteiger partial charge in [0.1, 0.15) is 34.5 Å². The van der Waals surface area contributed by atoms with Gasteiger partial charge < -0.3 is 56.8 Å². The number of carbonyl (C=O) groups is 9. The Morgan fingerprint density at radius 3 is 0.830 bits per heavy atom. The predicted octanol–water partition coefficient (Wildman–Crippen LogP) is 10.9. The van der Waals surface area contributed by atoms with E-state index in [0.717, 1.165) is 12.2 Å². The molecule has 0 N–H and O–H groups in total. The Balaban J connectivity index is 0.740. The van der Waals surface area contributed by atoms with E-state index in [-0.39, 0.29) is 96.9 Å². The van der Waals surface area contributed by atoms with Gasteiger partial charge in [-0.15, -0.1) is 0 Å². The molecule has 21 heteroatoms. The third-order valence-electron chi connectivity index (χ3n) is 12.2. The summed E-state index contributed by atoms with van der Waals surface area (Å²) >= 11 is 0. The largest absolute Gasteiger partial charge is 0.494 e. The van der Waals surface area contributed by atoms with Crippen LogP contribution in [-0.4, -0.2) is 113 Å². The molecule has 0 heterocycles. The first-order valence-corrected chi connectivity index (χ1v) is 28.2. The summed E-state index contributed by atoms with van der Waals surface area (Å²) in [5.41, 5.74) is 1.47. The van der Waals surface area contributed by atoms with Crippen molar-refractivity contribution in [3.63, 3.8) is 0 Å². The molecule has 0 amide bonds. The zero-order valence-electron chi connectivity index (χ0n) is 48.2. The molecule has 21 nitrogen and oxygen atoms in total. The fourth-order valence-corrected chi connectivity index (χ4v) is 7.45. The smallest absolute Gasteiger partial charge is 0.343 e. The Labute approximate surface area is 507 Å². The second kappa shape index (κ2) is 37.1. The number of hydrogen-bond acceptors (Lipinski definition) is 21.